The summed E-state index contributed by atoms with van der Waals surface area (Å²) >= 11 is 1.77. The second kappa shape index (κ2) is 5.74. The van der Waals surface area contributed by atoms with E-state index in [0.29, 0.717) is 16.8 Å². The number of hydrogen-bond donors (Lipinski definition) is 1. The summed E-state index contributed by atoms with van der Waals surface area (Å²) in [5, 5.41) is 0. The average Bonchev–Trinajstić information content (AvgIpc) is 2.40. The quantitative estimate of drug-likeness (QED) is 0.517. The van der Waals surface area contributed by atoms with E-state index in [1.807, 2.05) is 24.3 Å². The Morgan fingerprint density at radius 3 is 2.00 bits per heavy atom. The molecule has 92 valence electrons. The Hall–Kier alpha value is -1.74. The molecule has 0 atom stereocenters. The fourth-order valence-corrected chi connectivity index (χ4v) is 2.33. The van der Waals surface area contributed by atoms with Gasteiger partial charge in [0, 0.05) is 21.7 Å². The maximum atomic E-state index is 12.2. The minimum absolute atomic E-state index is 0.0306. The number of hydrogen-bond acceptors (Lipinski definition) is 3. The summed E-state index contributed by atoms with van der Waals surface area (Å²) in [5.74, 6) is 1.06. The van der Waals surface area contributed by atoms with Gasteiger partial charge in [-0.3, -0.25) is 4.79 Å². The van der Waals surface area contributed by atoms with Gasteiger partial charge in [-0.1, -0.05) is 6.92 Å². The highest BCUT2D eigenvalue weighted by molar-refractivity contribution is 7.99. The summed E-state index contributed by atoms with van der Waals surface area (Å²) in [5.41, 5.74) is 7.65. The summed E-state index contributed by atoms with van der Waals surface area (Å²) in [6.45, 7) is 2.11. The van der Waals surface area contributed by atoms with Gasteiger partial charge in [0.2, 0.25) is 0 Å². The van der Waals surface area contributed by atoms with E-state index >= 15 is 0 Å². The second-order valence-electron chi connectivity index (χ2n) is 3.91. The molecule has 0 heterocycles. The first-order chi connectivity index (χ1) is 8.70. The van der Waals surface area contributed by atoms with Gasteiger partial charge in [0.15, 0.2) is 5.78 Å². The maximum absolute atomic E-state index is 12.2. The van der Waals surface area contributed by atoms with Gasteiger partial charge < -0.3 is 5.73 Å². The third-order valence-electron chi connectivity index (χ3n) is 2.60. The number of anilines is 1. The van der Waals surface area contributed by atoms with Crippen LogP contribution in [0.15, 0.2) is 53.4 Å². The van der Waals surface area contributed by atoms with Crippen molar-refractivity contribution in [3.8, 4) is 0 Å². The lowest BCUT2D eigenvalue weighted by Crippen LogP contribution is -2.01. The molecule has 2 rings (SSSR count). The highest BCUT2D eigenvalue weighted by atomic mass is 32.2. The van der Waals surface area contributed by atoms with E-state index in [1.165, 1.54) is 4.90 Å². The van der Waals surface area contributed by atoms with Crippen LogP contribution in [0.2, 0.25) is 0 Å². The van der Waals surface area contributed by atoms with Gasteiger partial charge in [-0.2, -0.15) is 0 Å². The van der Waals surface area contributed by atoms with Crippen molar-refractivity contribution in [1.29, 1.82) is 0 Å². The molecule has 0 saturated heterocycles. The van der Waals surface area contributed by atoms with Crippen LogP contribution < -0.4 is 5.73 Å². The first-order valence-electron chi connectivity index (χ1n) is 5.84. The van der Waals surface area contributed by atoms with Crippen LogP contribution in [-0.2, 0) is 0 Å². The number of carbonyl (C=O) groups is 1. The zero-order valence-electron chi connectivity index (χ0n) is 10.2. The molecule has 2 aromatic rings. The fourth-order valence-electron chi connectivity index (χ4n) is 1.67. The SMILES string of the molecule is CCSc1ccc(C(=O)c2ccc(N)cc2)cc1. The molecule has 2 N–H and O–H groups in total. The molecule has 0 aliphatic rings. The van der Waals surface area contributed by atoms with Crippen LogP contribution >= 0.6 is 11.8 Å². The van der Waals surface area contributed by atoms with Crippen LogP contribution in [0.3, 0.4) is 0 Å². The molecule has 0 aliphatic carbocycles. The molecule has 0 radical (unpaired) electrons. The molecule has 2 aromatic carbocycles. The van der Waals surface area contributed by atoms with Gasteiger partial charge in [0.05, 0.1) is 0 Å². The van der Waals surface area contributed by atoms with Crippen molar-refractivity contribution in [2.45, 2.75) is 11.8 Å². The van der Waals surface area contributed by atoms with Crippen molar-refractivity contribution >= 4 is 23.2 Å². The summed E-state index contributed by atoms with van der Waals surface area (Å²) in [6.07, 6.45) is 0. The molecule has 0 fully saturated rings. The number of rotatable bonds is 4. The Kier molecular flexibility index (Phi) is 4.05. The minimum atomic E-state index is 0.0306. The van der Waals surface area contributed by atoms with E-state index in [2.05, 4.69) is 6.92 Å². The zero-order chi connectivity index (χ0) is 13.0. The van der Waals surface area contributed by atoms with Gasteiger partial charge >= 0.3 is 0 Å². The zero-order valence-corrected chi connectivity index (χ0v) is 11.0. The van der Waals surface area contributed by atoms with Gasteiger partial charge in [-0.15, -0.1) is 11.8 Å². The number of benzene rings is 2. The molecule has 18 heavy (non-hydrogen) atoms. The smallest absolute Gasteiger partial charge is 0.193 e. The number of nitrogens with two attached hydrogens (primary N) is 1. The number of nitrogen functional groups attached to an aromatic ring is 1. The molecule has 2 nitrogen and oxygen atoms in total. The third kappa shape index (κ3) is 2.93. The second-order valence-corrected chi connectivity index (χ2v) is 5.25. The van der Waals surface area contributed by atoms with Crippen LogP contribution in [0, 0.1) is 0 Å². The van der Waals surface area contributed by atoms with Gasteiger partial charge in [-0.05, 0) is 54.3 Å². The fraction of sp³-hybridized carbons (Fsp3) is 0.133. The Balaban J connectivity index is 2.20. The number of ketones is 1. The van der Waals surface area contributed by atoms with E-state index in [-0.39, 0.29) is 5.78 Å². The molecule has 0 bridgehead atoms. The molecular formula is C15H15NOS. The van der Waals surface area contributed by atoms with Crippen LogP contribution in [0.4, 0.5) is 5.69 Å². The Morgan fingerprint density at radius 1 is 1.00 bits per heavy atom. The molecular weight excluding hydrogens is 242 g/mol. The van der Waals surface area contributed by atoms with Crippen LogP contribution in [0.25, 0.3) is 0 Å². The lowest BCUT2D eigenvalue weighted by molar-refractivity contribution is 0.103. The lowest BCUT2D eigenvalue weighted by Gasteiger charge is -2.03. The van der Waals surface area contributed by atoms with Gasteiger partial charge in [0.25, 0.3) is 0 Å². The predicted molar refractivity (Wildman–Crippen MR) is 77.1 cm³/mol. The molecule has 0 aliphatic heterocycles. The van der Waals surface area contributed by atoms with Crippen LogP contribution in [-0.4, -0.2) is 11.5 Å². The molecule has 0 unspecified atom stereocenters. The topological polar surface area (TPSA) is 43.1 Å². The Bertz CT molecular complexity index is 531. The van der Waals surface area contributed by atoms with Gasteiger partial charge in [-0.25, -0.2) is 0 Å². The maximum Gasteiger partial charge on any atom is 0.193 e. The highest BCUT2D eigenvalue weighted by Crippen LogP contribution is 2.19. The Labute approximate surface area is 111 Å². The van der Waals surface area contributed by atoms with Crippen molar-refractivity contribution in [2.24, 2.45) is 0 Å². The highest BCUT2D eigenvalue weighted by Gasteiger charge is 2.08. The van der Waals surface area contributed by atoms with Gasteiger partial charge in [0.1, 0.15) is 0 Å². The van der Waals surface area contributed by atoms with Crippen LogP contribution in [0.5, 0.6) is 0 Å². The average molecular weight is 257 g/mol. The molecule has 3 heteroatoms. The van der Waals surface area contributed by atoms with E-state index in [0.717, 1.165) is 5.75 Å². The van der Waals surface area contributed by atoms with Crippen molar-refractivity contribution in [3.63, 3.8) is 0 Å². The summed E-state index contributed by atoms with van der Waals surface area (Å²) in [6, 6.07) is 14.7. The monoisotopic (exact) mass is 257 g/mol. The molecule has 0 amide bonds. The Morgan fingerprint density at radius 2 is 1.50 bits per heavy atom. The van der Waals surface area contributed by atoms with Crippen LogP contribution in [0.1, 0.15) is 22.8 Å². The standard InChI is InChI=1S/C15H15NOS/c1-2-18-14-9-5-12(6-10-14)15(17)11-3-7-13(16)8-4-11/h3-10H,2,16H2,1H3. The van der Waals surface area contributed by atoms with E-state index in [9.17, 15) is 4.79 Å². The molecule has 0 spiro atoms. The number of thioether (sulfide) groups is 1. The molecule has 0 aromatic heterocycles. The van der Waals surface area contributed by atoms with Crippen molar-refractivity contribution in [1.82, 2.24) is 0 Å². The van der Waals surface area contributed by atoms with Crippen molar-refractivity contribution in [2.75, 3.05) is 11.5 Å². The van der Waals surface area contributed by atoms with E-state index < -0.39 is 0 Å². The molecule has 0 saturated carbocycles. The van der Waals surface area contributed by atoms with Crippen molar-refractivity contribution < 1.29 is 4.79 Å². The summed E-state index contributed by atoms with van der Waals surface area (Å²) < 4.78 is 0. The van der Waals surface area contributed by atoms with Crippen molar-refractivity contribution in [3.05, 3.63) is 59.7 Å². The van der Waals surface area contributed by atoms with E-state index in [1.54, 1.807) is 36.0 Å². The minimum Gasteiger partial charge on any atom is -0.399 e. The lowest BCUT2D eigenvalue weighted by atomic mass is 10.0. The largest absolute Gasteiger partial charge is 0.399 e. The predicted octanol–water partition coefficient (Wildman–Crippen LogP) is 3.61. The van der Waals surface area contributed by atoms with E-state index in [4.69, 9.17) is 5.73 Å². The normalized spacial score (nSPS) is 10.3. The first-order valence-corrected chi connectivity index (χ1v) is 6.82. The number of carbonyl (C=O) groups excluding carboxylic acids is 1. The summed E-state index contributed by atoms with van der Waals surface area (Å²) in [4.78, 5) is 13.4. The summed E-state index contributed by atoms with van der Waals surface area (Å²) in [7, 11) is 0. The first kappa shape index (κ1) is 12.7. The third-order valence-corrected chi connectivity index (χ3v) is 3.49.